The first-order valence-corrected chi connectivity index (χ1v) is 10.7. The number of hydrogen-bond donors (Lipinski definition) is 2. The molecule has 0 fully saturated rings. The summed E-state index contributed by atoms with van der Waals surface area (Å²) in [5, 5.41) is 11.2. The van der Waals surface area contributed by atoms with Crippen molar-refractivity contribution >= 4 is 44.2 Å². The standard InChI is InChI=1S/C18H21N5O2S2/c1-4-16-9-10-18(26-16)27(24,25)22-14-7-5-13(6-8-14)20-17-11-15(23(2)3)12-19-21-17/h5-12,22H,4H2,1-3H3,(H,20,21). The highest BCUT2D eigenvalue weighted by molar-refractivity contribution is 7.94. The van der Waals surface area contributed by atoms with Gasteiger partial charge in [-0.05, 0) is 42.8 Å². The van der Waals surface area contributed by atoms with Crippen molar-refractivity contribution < 1.29 is 8.42 Å². The Labute approximate surface area is 163 Å². The minimum Gasteiger partial charge on any atom is -0.376 e. The molecule has 27 heavy (non-hydrogen) atoms. The second kappa shape index (κ2) is 7.93. The number of thiophene rings is 1. The molecule has 9 heteroatoms. The van der Waals surface area contributed by atoms with Gasteiger partial charge < -0.3 is 10.2 Å². The molecule has 0 amide bonds. The summed E-state index contributed by atoms with van der Waals surface area (Å²) in [6, 6.07) is 12.3. The molecule has 2 aromatic heterocycles. The van der Waals surface area contributed by atoms with E-state index >= 15 is 0 Å². The van der Waals surface area contributed by atoms with Gasteiger partial charge in [-0.25, -0.2) is 8.42 Å². The predicted octanol–water partition coefficient (Wildman–Crippen LogP) is 3.71. The number of aromatic nitrogens is 2. The van der Waals surface area contributed by atoms with Crippen LogP contribution in [0.3, 0.4) is 0 Å². The molecule has 0 spiro atoms. The Morgan fingerprint density at radius 3 is 2.41 bits per heavy atom. The molecule has 0 saturated heterocycles. The number of nitrogens with one attached hydrogen (secondary N) is 2. The number of benzene rings is 1. The fourth-order valence-corrected chi connectivity index (χ4v) is 4.68. The fraction of sp³-hybridized carbons (Fsp3) is 0.222. The van der Waals surface area contributed by atoms with Crippen LogP contribution in [0.1, 0.15) is 11.8 Å². The molecule has 0 saturated carbocycles. The van der Waals surface area contributed by atoms with Crippen molar-refractivity contribution in [1.82, 2.24) is 10.2 Å². The highest BCUT2D eigenvalue weighted by atomic mass is 32.2. The van der Waals surface area contributed by atoms with Gasteiger partial charge in [-0.1, -0.05) is 6.92 Å². The molecule has 2 heterocycles. The lowest BCUT2D eigenvalue weighted by Crippen LogP contribution is -2.11. The molecule has 3 aromatic rings. The molecule has 0 atom stereocenters. The molecule has 0 aliphatic carbocycles. The lowest BCUT2D eigenvalue weighted by Gasteiger charge is -2.13. The van der Waals surface area contributed by atoms with Gasteiger partial charge in [0, 0.05) is 36.4 Å². The summed E-state index contributed by atoms with van der Waals surface area (Å²) >= 11 is 1.29. The van der Waals surface area contributed by atoms with Crippen molar-refractivity contribution in [3.63, 3.8) is 0 Å². The molecule has 2 N–H and O–H groups in total. The number of sulfonamides is 1. The molecule has 142 valence electrons. The van der Waals surface area contributed by atoms with E-state index in [0.717, 1.165) is 22.7 Å². The number of nitrogens with zero attached hydrogens (tertiary/aromatic N) is 3. The molecule has 3 rings (SSSR count). The molecule has 0 bridgehead atoms. The average Bonchev–Trinajstić information content (AvgIpc) is 3.14. The fourth-order valence-electron chi connectivity index (χ4n) is 2.33. The number of rotatable bonds is 7. The van der Waals surface area contributed by atoms with Crippen LogP contribution in [-0.2, 0) is 16.4 Å². The van der Waals surface area contributed by atoms with E-state index in [1.54, 1.807) is 36.5 Å². The first-order valence-electron chi connectivity index (χ1n) is 8.36. The molecule has 1 aromatic carbocycles. The zero-order chi connectivity index (χ0) is 19.4. The van der Waals surface area contributed by atoms with Crippen molar-refractivity contribution in [2.24, 2.45) is 0 Å². The second-order valence-corrected chi connectivity index (χ2v) is 9.15. The van der Waals surface area contributed by atoms with Crippen LogP contribution in [0.4, 0.5) is 22.9 Å². The Balaban J connectivity index is 1.71. The normalized spacial score (nSPS) is 11.2. The Morgan fingerprint density at radius 2 is 1.78 bits per heavy atom. The Hall–Kier alpha value is -2.65. The van der Waals surface area contributed by atoms with Gasteiger partial charge in [-0.15, -0.1) is 16.4 Å². The lowest BCUT2D eigenvalue weighted by molar-refractivity contribution is 0.603. The number of aryl methyl sites for hydroxylation is 1. The third-order valence-corrected chi connectivity index (χ3v) is 6.92. The van der Waals surface area contributed by atoms with E-state index in [1.807, 2.05) is 38.1 Å². The molecular weight excluding hydrogens is 382 g/mol. The highest BCUT2D eigenvalue weighted by Crippen LogP contribution is 2.25. The van der Waals surface area contributed by atoms with Crippen LogP contribution in [-0.4, -0.2) is 32.7 Å². The van der Waals surface area contributed by atoms with Crippen LogP contribution in [0.25, 0.3) is 0 Å². The minimum atomic E-state index is -3.57. The van der Waals surface area contributed by atoms with E-state index in [0.29, 0.717) is 15.7 Å². The number of hydrogen-bond acceptors (Lipinski definition) is 7. The summed E-state index contributed by atoms with van der Waals surface area (Å²) < 4.78 is 27.9. The summed E-state index contributed by atoms with van der Waals surface area (Å²) in [5.74, 6) is 0.611. The molecule has 7 nitrogen and oxygen atoms in total. The van der Waals surface area contributed by atoms with E-state index in [1.165, 1.54) is 11.3 Å². The summed E-state index contributed by atoms with van der Waals surface area (Å²) in [6.45, 7) is 2.00. The zero-order valence-corrected chi connectivity index (χ0v) is 16.9. The SMILES string of the molecule is CCc1ccc(S(=O)(=O)Nc2ccc(Nc3cc(N(C)C)cnn3)cc2)s1. The van der Waals surface area contributed by atoms with Crippen molar-refractivity contribution in [3.8, 4) is 0 Å². The van der Waals surface area contributed by atoms with E-state index < -0.39 is 10.0 Å². The Kier molecular flexibility index (Phi) is 5.62. The van der Waals surface area contributed by atoms with Gasteiger partial charge in [0.2, 0.25) is 0 Å². The van der Waals surface area contributed by atoms with Crippen molar-refractivity contribution in [3.05, 3.63) is 53.5 Å². The minimum absolute atomic E-state index is 0.317. The van der Waals surface area contributed by atoms with Crippen LogP contribution in [0.15, 0.2) is 52.9 Å². The van der Waals surface area contributed by atoms with Crippen LogP contribution >= 0.6 is 11.3 Å². The highest BCUT2D eigenvalue weighted by Gasteiger charge is 2.16. The van der Waals surface area contributed by atoms with Gasteiger partial charge in [-0.2, -0.15) is 5.10 Å². The Morgan fingerprint density at radius 1 is 1.07 bits per heavy atom. The molecule has 0 aliphatic rings. The summed E-state index contributed by atoms with van der Waals surface area (Å²) in [6.07, 6.45) is 2.50. The summed E-state index contributed by atoms with van der Waals surface area (Å²) in [4.78, 5) is 2.97. The van der Waals surface area contributed by atoms with Gasteiger partial charge >= 0.3 is 0 Å². The first kappa shape index (κ1) is 19.1. The van der Waals surface area contributed by atoms with Gasteiger partial charge in [0.25, 0.3) is 10.0 Å². The Bertz CT molecular complexity index is 1010. The topological polar surface area (TPSA) is 87.2 Å². The van der Waals surface area contributed by atoms with Crippen LogP contribution < -0.4 is 14.9 Å². The molecule has 0 unspecified atom stereocenters. The monoisotopic (exact) mass is 403 g/mol. The van der Waals surface area contributed by atoms with Crippen LogP contribution in [0.2, 0.25) is 0 Å². The third kappa shape index (κ3) is 4.75. The molecule has 0 aliphatic heterocycles. The molecular formula is C18H21N5O2S2. The van der Waals surface area contributed by atoms with Crippen LogP contribution in [0, 0.1) is 0 Å². The van der Waals surface area contributed by atoms with E-state index in [2.05, 4.69) is 20.2 Å². The van der Waals surface area contributed by atoms with E-state index in [4.69, 9.17) is 0 Å². The van der Waals surface area contributed by atoms with Gasteiger partial charge in [0.15, 0.2) is 5.82 Å². The van der Waals surface area contributed by atoms with Crippen molar-refractivity contribution in [2.75, 3.05) is 29.0 Å². The summed E-state index contributed by atoms with van der Waals surface area (Å²) in [5.41, 5.74) is 2.21. The van der Waals surface area contributed by atoms with Crippen molar-refractivity contribution in [2.45, 2.75) is 17.6 Å². The quantitative estimate of drug-likeness (QED) is 0.625. The van der Waals surface area contributed by atoms with E-state index in [9.17, 15) is 8.42 Å². The van der Waals surface area contributed by atoms with Gasteiger partial charge in [0.1, 0.15) is 4.21 Å². The maximum absolute atomic E-state index is 12.5. The predicted molar refractivity (Wildman–Crippen MR) is 111 cm³/mol. The van der Waals surface area contributed by atoms with Gasteiger partial charge in [-0.3, -0.25) is 4.72 Å². The van der Waals surface area contributed by atoms with Crippen molar-refractivity contribution in [1.29, 1.82) is 0 Å². The lowest BCUT2D eigenvalue weighted by atomic mass is 10.3. The van der Waals surface area contributed by atoms with E-state index in [-0.39, 0.29) is 0 Å². The largest absolute Gasteiger partial charge is 0.376 e. The maximum atomic E-state index is 12.5. The summed E-state index contributed by atoms with van der Waals surface area (Å²) in [7, 11) is 0.289. The first-order chi connectivity index (χ1) is 12.9. The maximum Gasteiger partial charge on any atom is 0.271 e. The van der Waals surface area contributed by atoms with Gasteiger partial charge in [0.05, 0.1) is 11.9 Å². The third-order valence-electron chi connectivity index (χ3n) is 3.82. The molecule has 0 radical (unpaired) electrons. The second-order valence-electron chi connectivity index (χ2n) is 6.08. The average molecular weight is 404 g/mol. The van der Waals surface area contributed by atoms with Crippen LogP contribution in [0.5, 0.6) is 0 Å². The number of anilines is 4. The smallest absolute Gasteiger partial charge is 0.271 e. The zero-order valence-electron chi connectivity index (χ0n) is 15.3.